The van der Waals surface area contributed by atoms with Crippen LogP contribution in [0.15, 0.2) is 23.3 Å². The molecule has 0 amide bonds. The number of fused-ring (bicyclic) bond motifs is 5. The van der Waals surface area contributed by atoms with Gasteiger partial charge in [0.05, 0.1) is 30.8 Å². The molecule has 11 nitrogen and oxygen atoms in total. The predicted molar refractivity (Wildman–Crippen MR) is 194 cm³/mol. The number of cyclic esters (lactones) is 1. The van der Waals surface area contributed by atoms with Crippen molar-refractivity contribution in [3.8, 4) is 0 Å². The summed E-state index contributed by atoms with van der Waals surface area (Å²) in [5.74, 6) is -0.152. The Hall–Kier alpha value is -1.70. The van der Waals surface area contributed by atoms with Crippen molar-refractivity contribution in [1.82, 2.24) is 4.90 Å². The van der Waals surface area contributed by atoms with Crippen molar-refractivity contribution < 1.29 is 47.9 Å². The fraction of sp³-hybridized carbons (Fsp3) is 0.854. The van der Waals surface area contributed by atoms with E-state index in [1.54, 1.807) is 14.2 Å². The number of methoxy groups -OCH3 is 2. The Bertz CT molecular complexity index is 1320. The number of ketones is 1. The van der Waals surface area contributed by atoms with Gasteiger partial charge >= 0.3 is 5.97 Å². The number of hydrogen-bond donors (Lipinski definition) is 1. The zero-order valence-corrected chi connectivity index (χ0v) is 32.9. The fourth-order valence-corrected chi connectivity index (χ4v) is 10.5. The molecule has 0 bridgehead atoms. The van der Waals surface area contributed by atoms with Crippen LogP contribution in [0.2, 0.25) is 0 Å². The maximum atomic E-state index is 14.7. The Morgan fingerprint density at radius 3 is 2.31 bits per heavy atom. The Morgan fingerprint density at radius 1 is 0.885 bits per heavy atom. The molecule has 17 unspecified atom stereocenters. The molecule has 0 aromatic rings. The molecule has 3 aliphatic carbocycles. The minimum atomic E-state index is -0.883. The predicted octanol–water partition coefficient (Wildman–Crippen LogP) is 5.22. The van der Waals surface area contributed by atoms with E-state index in [1.165, 1.54) is 5.57 Å². The molecular weight excluding hydrogens is 666 g/mol. The minimum Gasteiger partial charge on any atom is -0.462 e. The Balaban J connectivity index is 1.23. The number of allylic oxidation sites excluding steroid dienone is 4. The number of carbonyl (C=O) groups excluding carboxylic acids is 2. The van der Waals surface area contributed by atoms with Gasteiger partial charge in [0.1, 0.15) is 24.4 Å². The van der Waals surface area contributed by atoms with Gasteiger partial charge in [0.25, 0.3) is 0 Å². The molecule has 294 valence electrons. The third-order valence-corrected chi connectivity index (χ3v) is 13.4. The van der Waals surface area contributed by atoms with Gasteiger partial charge in [-0.25, -0.2) is 0 Å². The van der Waals surface area contributed by atoms with Crippen LogP contribution < -0.4 is 0 Å². The first-order valence-electron chi connectivity index (χ1n) is 20.0. The van der Waals surface area contributed by atoms with Gasteiger partial charge in [-0.2, -0.15) is 0 Å². The quantitative estimate of drug-likeness (QED) is 0.261. The number of carbonyl (C=O) groups is 2. The number of aliphatic hydroxyl groups is 1. The number of ether oxygens (including phenoxy) is 7. The normalized spacial score (nSPS) is 45.9. The molecule has 6 rings (SSSR count). The molecule has 1 saturated carbocycles. The monoisotopic (exact) mass is 731 g/mol. The fourth-order valence-electron chi connectivity index (χ4n) is 10.5. The van der Waals surface area contributed by atoms with Crippen molar-refractivity contribution >= 4 is 11.8 Å². The number of likely N-dealkylation sites (N-methyl/N-ethyl adjacent to an activating group) is 1. The summed E-state index contributed by atoms with van der Waals surface area (Å²) < 4.78 is 43.2. The van der Waals surface area contributed by atoms with Crippen LogP contribution in [-0.2, 0) is 42.7 Å². The second kappa shape index (κ2) is 17.0. The molecule has 11 heteroatoms. The van der Waals surface area contributed by atoms with Crippen molar-refractivity contribution in [1.29, 1.82) is 0 Å². The van der Waals surface area contributed by atoms with Crippen LogP contribution in [0.25, 0.3) is 0 Å². The second-order valence-electron chi connectivity index (χ2n) is 16.8. The summed E-state index contributed by atoms with van der Waals surface area (Å²) in [5.41, 5.74) is 2.03. The van der Waals surface area contributed by atoms with Gasteiger partial charge in [-0.15, -0.1) is 0 Å². The Morgan fingerprint density at radius 2 is 1.63 bits per heavy atom. The molecule has 0 radical (unpaired) electrons. The van der Waals surface area contributed by atoms with Crippen LogP contribution in [0.1, 0.15) is 92.4 Å². The average Bonchev–Trinajstić information content (AvgIpc) is 3.68. The van der Waals surface area contributed by atoms with E-state index in [-0.39, 0.29) is 90.5 Å². The molecular formula is C41H65NO10. The number of hydrogen-bond acceptors (Lipinski definition) is 11. The van der Waals surface area contributed by atoms with Crippen molar-refractivity contribution in [2.45, 2.75) is 160 Å². The number of Topliss-reactive ketones (excluding diaryl/α,β-unsaturated/α-hetero) is 1. The lowest BCUT2D eigenvalue weighted by Crippen LogP contribution is -2.59. The van der Waals surface area contributed by atoms with Crippen molar-refractivity contribution in [3.63, 3.8) is 0 Å². The molecule has 3 aliphatic heterocycles. The third kappa shape index (κ3) is 8.13. The molecule has 6 aliphatic rings. The van der Waals surface area contributed by atoms with Gasteiger partial charge < -0.3 is 43.2 Å². The lowest BCUT2D eigenvalue weighted by Gasteiger charge is -2.42. The smallest absolute Gasteiger partial charge is 0.306 e. The minimum absolute atomic E-state index is 0.0218. The van der Waals surface area contributed by atoms with E-state index in [0.717, 1.165) is 50.5 Å². The van der Waals surface area contributed by atoms with Crippen LogP contribution in [0.5, 0.6) is 0 Å². The van der Waals surface area contributed by atoms with E-state index in [0.29, 0.717) is 12.5 Å². The summed E-state index contributed by atoms with van der Waals surface area (Å²) in [6, 6.07) is 0.332. The molecule has 17 atom stereocenters. The highest BCUT2D eigenvalue weighted by Gasteiger charge is 2.53. The maximum Gasteiger partial charge on any atom is 0.306 e. The zero-order chi connectivity index (χ0) is 37.4. The summed E-state index contributed by atoms with van der Waals surface area (Å²) >= 11 is 0. The van der Waals surface area contributed by atoms with Gasteiger partial charge in [-0.1, -0.05) is 31.6 Å². The van der Waals surface area contributed by atoms with Gasteiger partial charge in [0, 0.05) is 32.1 Å². The first kappa shape index (κ1) is 40.0. The van der Waals surface area contributed by atoms with E-state index < -0.39 is 24.6 Å². The van der Waals surface area contributed by atoms with E-state index in [2.05, 4.69) is 51.9 Å². The van der Waals surface area contributed by atoms with E-state index in [1.807, 2.05) is 13.8 Å². The van der Waals surface area contributed by atoms with Gasteiger partial charge in [-0.05, 0) is 115 Å². The second-order valence-corrected chi connectivity index (χ2v) is 16.8. The SMILES string of the molecule is CCC1CCCC(OC2CCC(N(C)C)C(C)O2)C(C)C(=O)C2=CC3C(C=C(C)C4CC(OC5OC(C)C(OC)C(O)C5OC)CC43)C2CC(=O)O1. The van der Waals surface area contributed by atoms with Gasteiger partial charge in [0.15, 0.2) is 18.4 Å². The summed E-state index contributed by atoms with van der Waals surface area (Å²) in [7, 11) is 7.29. The highest BCUT2D eigenvalue weighted by molar-refractivity contribution is 5.99. The Kier molecular flexibility index (Phi) is 13.1. The molecule has 0 aromatic heterocycles. The van der Waals surface area contributed by atoms with Crippen LogP contribution in [0.3, 0.4) is 0 Å². The molecule has 1 N–H and O–H groups in total. The summed E-state index contributed by atoms with van der Waals surface area (Å²) in [6.07, 6.45) is 7.01. The van der Waals surface area contributed by atoms with Crippen molar-refractivity contribution in [2.75, 3.05) is 28.3 Å². The van der Waals surface area contributed by atoms with E-state index >= 15 is 0 Å². The van der Waals surface area contributed by atoms with Crippen molar-refractivity contribution in [2.24, 2.45) is 35.5 Å². The van der Waals surface area contributed by atoms with Crippen LogP contribution in [0.4, 0.5) is 0 Å². The highest BCUT2D eigenvalue weighted by atomic mass is 16.7. The molecule has 3 heterocycles. The molecule has 52 heavy (non-hydrogen) atoms. The lowest BCUT2D eigenvalue weighted by molar-refractivity contribution is -0.311. The topological polar surface area (TPSA) is 122 Å². The van der Waals surface area contributed by atoms with Crippen molar-refractivity contribution in [3.05, 3.63) is 23.3 Å². The summed E-state index contributed by atoms with van der Waals surface area (Å²) in [6.45, 7) is 10.2. The van der Waals surface area contributed by atoms with Crippen LogP contribution >= 0.6 is 0 Å². The Labute approximate surface area is 311 Å². The van der Waals surface area contributed by atoms with Gasteiger partial charge in [-0.3, -0.25) is 9.59 Å². The third-order valence-electron chi connectivity index (χ3n) is 13.4. The maximum absolute atomic E-state index is 14.7. The molecule has 0 spiro atoms. The molecule has 3 saturated heterocycles. The number of rotatable bonds is 8. The van der Waals surface area contributed by atoms with E-state index in [9.17, 15) is 14.7 Å². The van der Waals surface area contributed by atoms with Crippen LogP contribution in [-0.4, -0.2) is 118 Å². The standard InChI is InChI=1S/C41H65NO10/c1-10-25-12-11-13-34(52-36-15-14-33(42(6)7)23(4)48-36)22(3)37(44)32-19-30-28(31(32)20-35(43)50-25)16-21(2)27-17-26(18-29(27)30)51-41-40(47-9)38(45)39(46-8)24(5)49-41/h16,19,22-31,33-34,36,38-41,45H,10-15,17-18,20H2,1-9H3. The largest absolute Gasteiger partial charge is 0.462 e. The first-order chi connectivity index (χ1) is 24.8. The summed E-state index contributed by atoms with van der Waals surface area (Å²) in [5, 5.41) is 11.0. The zero-order valence-electron chi connectivity index (χ0n) is 32.9. The highest BCUT2D eigenvalue weighted by Crippen LogP contribution is 2.56. The lowest BCUT2D eigenvalue weighted by atomic mass is 9.67. The molecule has 0 aromatic carbocycles. The van der Waals surface area contributed by atoms with Crippen LogP contribution in [0, 0.1) is 35.5 Å². The number of esters is 1. The summed E-state index contributed by atoms with van der Waals surface area (Å²) in [4.78, 5) is 30.5. The number of nitrogens with zero attached hydrogens (tertiary/aromatic N) is 1. The first-order valence-corrected chi connectivity index (χ1v) is 20.0. The van der Waals surface area contributed by atoms with E-state index in [4.69, 9.17) is 33.2 Å². The average molecular weight is 732 g/mol. The number of aliphatic hydroxyl groups excluding tert-OH is 1. The van der Waals surface area contributed by atoms with Gasteiger partial charge in [0.2, 0.25) is 0 Å². The molecule has 4 fully saturated rings.